The normalized spacial score (nSPS) is 12.8. The first-order valence-electron chi connectivity index (χ1n) is 5.69. The van der Waals surface area contributed by atoms with Gasteiger partial charge in [-0.05, 0) is 6.92 Å². The first kappa shape index (κ1) is 21.3. The highest BCUT2D eigenvalue weighted by atomic mass is 35.5. The average Bonchev–Trinajstić information content (AvgIpc) is 2.41. The molecule has 0 spiro atoms. The predicted octanol–water partition coefficient (Wildman–Crippen LogP) is 4.03. The Kier molecular flexibility index (Phi) is 9.11. The van der Waals surface area contributed by atoms with Crippen molar-refractivity contribution in [2.24, 2.45) is 0 Å². The Balaban J connectivity index is 4.16. The molecule has 22 heavy (non-hydrogen) atoms. The molecule has 4 nitrogen and oxygen atoms in total. The molecule has 0 saturated heterocycles. The molecule has 0 fully saturated rings. The van der Waals surface area contributed by atoms with Crippen molar-refractivity contribution < 1.29 is 36.6 Å². The van der Waals surface area contributed by atoms with Gasteiger partial charge >= 0.3 is 24.3 Å². The van der Waals surface area contributed by atoms with E-state index in [0.29, 0.717) is 0 Å². The first-order chi connectivity index (χ1) is 9.97. The third kappa shape index (κ3) is 8.05. The molecule has 0 saturated carbocycles. The van der Waals surface area contributed by atoms with Crippen LogP contribution >= 0.6 is 34.8 Å². The molecular formula is C11H11Cl3F4O4. The number of carbonyl (C=O) groups is 2. The summed E-state index contributed by atoms with van der Waals surface area (Å²) in [4.78, 5) is 22.4. The van der Waals surface area contributed by atoms with Crippen molar-refractivity contribution in [3.8, 4) is 0 Å². The molecule has 0 radical (unpaired) electrons. The number of alkyl halides is 4. The largest absolute Gasteiger partial charge is 0.459 e. The monoisotopic (exact) mass is 388 g/mol. The summed E-state index contributed by atoms with van der Waals surface area (Å²) in [5.74, 6) is -6.60. The molecule has 1 atom stereocenters. The van der Waals surface area contributed by atoms with Crippen LogP contribution in [0.15, 0.2) is 9.52 Å². The van der Waals surface area contributed by atoms with Crippen LogP contribution < -0.4 is 0 Å². The molecule has 0 aromatic carbocycles. The molecular weight excluding hydrogens is 378 g/mol. The summed E-state index contributed by atoms with van der Waals surface area (Å²) in [6.45, 7) is -0.419. The second-order valence-electron chi connectivity index (χ2n) is 3.96. The van der Waals surface area contributed by atoms with Gasteiger partial charge in [-0.15, -0.1) is 0 Å². The van der Waals surface area contributed by atoms with Crippen LogP contribution in [0.2, 0.25) is 0 Å². The van der Waals surface area contributed by atoms with Crippen molar-refractivity contribution in [2.45, 2.75) is 38.2 Å². The molecule has 0 unspecified atom stereocenters. The van der Waals surface area contributed by atoms with E-state index >= 15 is 0 Å². The van der Waals surface area contributed by atoms with Crippen LogP contribution in [0.1, 0.15) is 19.8 Å². The highest BCUT2D eigenvalue weighted by Gasteiger charge is 2.42. The Bertz CT molecular complexity index is 439. The number of hydrogen-bond acceptors (Lipinski definition) is 4. The lowest BCUT2D eigenvalue weighted by atomic mass is 10.3. The molecule has 0 aliphatic heterocycles. The molecule has 128 valence electrons. The van der Waals surface area contributed by atoms with Gasteiger partial charge in [0.2, 0.25) is 0 Å². The fourth-order valence-corrected chi connectivity index (χ4v) is 1.33. The predicted molar refractivity (Wildman–Crippen MR) is 71.3 cm³/mol. The summed E-state index contributed by atoms with van der Waals surface area (Å²) in [5, 5.41) is -0.143. The minimum absolute atomic E-state index is 0.143. The maximum Gasteiger partial charge on any atom is 0.340 e. The van der Waals surface area contributed by atoms with Crippen LogP contribution in [0, 0.1) is 0 Å². The van der Waals surface area contributed by atoms with Gasteiger partial charge in [-0.3, -0.25) is 9.59 Å². The van der Waals surface area contributed by atoms with E-state index in [1.807, 2.05) is 0 Å². The van der Waals surface area contributed by atoms with Crippen LogP contribution in [0.3, 0.4) is 0 Å². The number of carbonyl (C=O) groups excluding carboxylic acids is 2. The van der Waals surface area contributed by atoms with Crippen molar-refractivity contribution in [3.63, 3.8) is 0 Å². The quantitative estimate of drug-likeness (QED) is 0.465. The zero-order valence-electron chi connectivity index (χ0n) is 11.1. The fourth-order valence-electron chi connectivity index (χ4n) is 0.977. The number of esters is 2. The lowest BCUT2D eigenvalue weighted by molar-refractivity contribution is -0.180. The van der Waals surface area contributed by atoms with Crippen LogP contribution in [0.25, 0.3) is 0 Å². The Morgan fingerprint density at radius 1 is 1.09 bits per heavy atom. The maximum absolute atomic E-state index is 12.5. The third-order valence-electron chi connectivity index (χ3n) is 2.12. The number of hydrogen-bond donors (Lipinski definition) is 0. The molecule has 0 N–H and O–H groups in total. The van der Waals surface area contributed by atoms with Gasteiger partial charge in [-0.2, -0.15) is 8.78 Å². The highest BCUT2D eigenvalue weighted by Crippen LogP contribution is 2.24. The number of halogens is 7. The van der Waals surface area contributed by atoms with E-state index in [1.165, 1.54) is 6.92 Å². The molecule has 0 aromatic heterocycles. The van der Waals surface area contributed by atoms with E-state index in [4.69, 9.17) is 39.5 Å². The lowest BCUT2D eigenvalue weighted by Crippen LogP contribution is -2.33. The Morgan fingerprint density at radius 3 is 2.05 bits per heavy atom. The molecule has 0 amide bonds. The second kappa shape index (κ2) is 9.42. The van der Waals surface area contributed by atoms with Crippen LogP contribution in [-0.2, 0) is 19.1 Å². The van der Waals surface area contributed by atoms with Crippen LogP contribution in [-0.4, -0.2) is 37.0 Å². The van der Waals surface area contributed by atoms with Gasteiger partial charge in [-0.25, -0.2) is 8.78 Å². The van der Waals surface area contributed by atoms with E-state index in [-0.39, 0.29) is 9.52 Å². The highest BCUT2D eigenvalue weighted by molar-refractivity contribution is 6.59. The summed E-state index contributed by atoms with van der Waals surface area (Å²) in [6.07, 6.45) is -6.08. The standard InChI is InChI=1S/C11H11Cl3F4O4/c1-5(8(12)9(13)14)22-7(20)3-2-6(19)21-4-11(17,18)10(15)16/h5,10H,2-4H2,1H3/t5-/m1/s1. The minimum Gasteiger partial charge on any atom is -0.459 e. The van der Waals surface area contributed by atoms with Gasteiger partial charge in [0.1, 0.15) is 10.6 Å². The Hall–Kier alpha value is -0.730. The third-order valence-corrected chi connectivity index (χ3v) is 3.22. The zero-order valence-corrected chi connectivity index (χ0v) is 13.3. The van der Waals surface area contributed by atoms with Gasteiger partial charge in [-0.1, -0.05) is 34.8 Å². The molecule has 0 aliphatic rings. The molecule has 0 aromatic rings. The van der Waals surface area contributed by atoms with Gasteiger partial charge in [0.15, 0.2) is 6.61 Å². The van der Waals surface area contributed by atoms with E-state index in [9.17, 15) is 27.2 Å². The van der Waals surface area contributed by atoms with Crippen molar-refractivity contribution in [3.05, 3.63) is 9.52 Å². The summed E-state index contributed by atoms with van der Waals surface area (Å²) >= 11 is 16.3. The van der Waals surface area contributed by atoms with Gasteiger partial charge in [0.05, 0.1) is 17.9 Å². The smallest absolute Gasteiger partial charge is 0.340 e. The van der Waals surface area contributed by atoms with Crippen LogP contribution in [0.4, 0.5) is 17.6 Å². The molecule has 0 heterocycles. The average molecular weight is 390 g/mol. The van der Waals surface area contributed by atoms with Crippen LogP contribution in [0.5, 0.6) is 0 Å². The summed E-state index contributed by atoms with van der Waals surface area (Å²) < 4.78 is 57.0. The topological polar surface area (TPSA) is 52.6 Å². The maximum atomic E-state index is 12.5. The minimum atomic E-state index is -4.44. The van der Waals surface area contributed by atoms with Crippen molar-refractivity contribution >= 4 is 46.7 Å². The fraction of sp³-hybridized carbons (Fsp3) is 0.636. The molecule has 11 heteroatoms. The Morgan fingerprint density at radius 2 is 1.59 bits per heavy atom. The number of rotatable bonds is 8. The molecule has 0 rings (SSSR count). The summed E-state index contributed by atoms with van der Waals surface area (Å²) in [5.41, 5.74) is 0. The zero-order chi connectivity index (χ0) is 17.5. The van der Waals surface area contributed by atoms with E-state index < -0.39 is 49.8 Å². The van der Waals surface area contributed by atoms with Gasteiger partial charge in [0, 0.05) is 0 Å². The first-order valence-corrected chi connectivity index (χ1v) is 6.82. The van der Waals surface area contributed by atoms with E-state index in [2.05, 4.69) is 4.74 Å². The summed E-state index contributed by atoms with van der Waals surface area (Å²) in [7, 11) is 0. The second-order valence-corrected chi connectivity index (χ2v) is 5.32. The molecule has 0 bridgehead atoms. The van der Waals surface area contributed by atoms with Gasteiger partial charge in [0.25, 0.3) is 0 Å². The lowest BCUT2D eigenvalue weighted by Gasteiger charge is -2.15. The SMILES string of the molecule is C[C@@H](OC(=O)CCC(=O)OCC(F)(F)C(F)F)C(Cl)=C(Cl)Cl. The van der Waals surface area contributed by atoms with Crippen molar-refractivity contribution in [1.29, 1.82) is 0 Å². The van der Waals surface area contributed by atoms with Crippen molar-refractivity contribution in [2.75, 3.05) is 6.61 Å². The Labute approximate surface area is 138 Å². The molecule has 0 aliphatic carbocycles. The number of ether oxygens (including phenoxy) is 2. The van der Waals surface area contributed by atoms with E-state index in [0.717, 1.165) is 0 Å². The van der Waals surface area contributed by atoms with Gasteiger partial charge < -0.3 is 9.47 Å². The van der Waals surface area contributed by atoms with E-state index in [1.54, 1.807) is 0 Å². The van der Waals surface area contributed by atoms with Crippen molar-refractivity contribution in [1.82, 2.24) is 0 Å². The summed E-state index contributed by atoms with van der Waals surface area (Å²) in [6, 6.07) is 0.